The predicted molar refractivity (Wildman–Crippen MR) is 61.9 cm³/mol. The first-order valence-electron chi connectivity index (χ1n) is 5.65. The van der Waals surface area contributed by atoms with E-state index in [4.69, 9.17) is 4.52 Å². The highest BCUT2D eigenvalue weighted by Gasteiger charge is 2.15. The summed E-state index contributed by atoms with van der Waals surface area (Å²) in [5.74, 6) is 1.47. The zero-order chi connectivity index (χ0) is 12.1. The molecule has 0 aliphatic rings. The summed E-state index contributed by atoms with van der Waals surface area (Å²) in [6.07, 6.45) is 2.16. The lowest BCUT2D eigenvalue weighted by Gasteiger charge is -2.25. The van der Waals surface area contributed by atoms with E-state index in [9.17, 15) is 9.46 Å². The van der Waals surface area contributed by atoms with Crippen LogP contribution in [0.25, 0.3) is 0 Å². The topological polar surface area (TPSA) is 49.4 Å². The van der Waals surface area contributed by atoms with Crippen LogP contribution in [0.15, 0.2) is 0 Å². The molecule has 4 heteroatoms. The van der Waals surface area contributed by atoms with Crippen molar-refractivity contribution in [2.24, 2.45) is 17.8 Å². The fraction of sp³-hybridized carbons (Fsp3) is 1.00. The monoisotopic (exact) mass is 235 g/mol. The fourth-order valence-corrected chi connectivity index (χ4v) is 1.85. The van der Waals surface area contributed by atoms with E-state index in [1.807, 2.05) is 0 Å². The van der Waals surface area contributed by atoms with Crippen LogP contribution in [0.5, 0.6) is 0 Å². The van der Waals surface area contributed by atoms with Crippen molar-refractivity contribution in [3.63, 3.8) is 0 Å². The largest absolute Gasteiger partial charge is 0.779 e. The van der Waals surface area contributed by atoms with Crippen molar-refractivity contribution in [3.05, 3.63) is 0 Å². The Morgan fingerprint density at radius 1 is 1.20 bits per heavy atom. The Kier molecular flexibility index (Phi) is 6.74. The highest BCUT2D eigenvalue weighted by molar-refractivity contribution is 7.50. The van der Waals surface area contributed by atoms with Gasteiger partial charge in [0, 0.05) is 6.66 Å². The molecular weight excluding hydrogens is 211 g/mol. The minimum atomic E-state index is -3.56. The van der Waals surface area contributed by atoms with Crippen molar-refractivity contribution in [2.75, 3.05) is 13.3 Å². The normalized spacial score (nSPS) is 18.1. The lowest BCUT2D eigenvalue weighted by atomic mass is 9.89. The van der Waals surface area contributed by atoms with Crippen molar-refractivity contribution in [3.8, 4) is 0 Å². The second kappa shape index (κ2) is 6.67. The lowest BCUT2D eigenvalue weighted by Crippen LogP contribution is -2.18. The highest BCUT2D eigenvalue weighted by Crippen LogP contribution is 2.33. The van der Waals surface area contributed by atoms with Gasteiger partial charge in [-0.25, -0.2) is 0 Å². The Morgan fingerprint density at radius 2 is 1.73 bits per heavy atom. The summed E-state index contributed by atoms with van der Waals surface area (Å²) in [5.41, 5.74) is 0. The van der Waals surface area contributed by atoms with E-state index < -0.39 is 7.60 Å². The van der Waals surface area contributed by atoms with Crippen LogP contribution >= 0.6 is 7.60 Å². The molecule has 0 aromatic carbocycles. The molecule has 92 valence electrons. The summed E-state index contributed by atoms with van der Waals surface area (Å²) in [6, 6.07) is 0. The van der Waals surface area contributed by atoms with Gasteiger partial charge in [-0.1, -0.05) is 34.1 Å². The van der Waals surface area contributed by atoms with Crippen LogP contribution in [0.2, 0.25) is 0 Å². The van der Waals surface area contributed by atoms with Gasteiger partial charge < -0.3 is 14.0 Å². The Balaban J connectivity index is 4.00. The van der Waals surface area contributed by atoms with E-state index in [0.717, 1.165) is 19.5 Å². The first-order chi connectivity index (χ1) is 6.72. The average molecular weight is 235 g/mol. The first-order valence-corrected chi connectivity index (χ1v) is 7.64. The molecule has 0 amide bonds. The Morgan fingerprint density at radius 3 is 2.07 bits per heavy atom. The van der Waals surface area contributed by atoms with Crippen LogP contribution in [0.3, 0.4) is 0 Å². The van der Waals surface area contributed by atoms with Crippen molar-refractivity contribution in [1.29, 1.82) is 0 Å². The van der Waals surface area contributed by atoms with Crippen LogP contribution in [-0.2, 0) is 9.09 Å². The van der Waals surface area contributed by atoms with Crippen molar-refractivity contribution < 1.29 is 14.0 Å². The third kappa shape index (κ3) is 9.10. The van der Waals surface area contributed by atoms with Gasteiger partial charge in [0.1, 0.15) is 7.60 Å². The Bertz CT molecular complexity index is 208. The third-order valence-corrected chi connectivity index (χ3v) is 3.20. The molecule has 0 radical (unpaired) electrons. The van der Waals surface area contributed by atoms with Gasteiger partial charge in [-0.2, -0.15) is 0 Å². The fourth-order valence-electron chi connectivity index (χ4n) is 1.39. The van der Waals surface area contributed by atoms with Crippen LogP contribution in [0.1, 0.15) is 40.5 Å². The standard InChI is InChI=1S/C11H25O3P/c1-9(2)6-7-11(10(3)4)8-14-15(5,12)13/h9-11H,6-8H2,1-5H3,(H,12,13)/p-1. The second-order valence-electron chi connectivity index (χ2n) is 5.04. The van der Waals surface area contributed by atoms with Gasteiger partial charge in [0.25, 0.3) is 0 Å². The molecule has 0 heterocycles. The summed E-state index contributed by atoms with van der Waals surface area (Å²) in [6.45, 7) is 10.0. The predicted octanol–water partition coefficient (Wildman–Crippen LogP) is 2.89. The Hall–Kier alpha value is 0.150. The second-order valence-corrected chi connectivity index (χ2v) is 6.84. The quantitative estimate of drug-likeness (QED) is 0.637. The van der Waals surface area contributed by atoms with Gasteiger partial charge in [-0.3, -0.25) is 0 Å². The van der Waals surface area contributed by atoms with Crippen LogP contribution in [0.4, 0.5) is 0 Å². The smallest absolute Gasteiger partial charge is 0.131 e. The summed E-state index contributed by atoms with van der Waals surface area (Å²) in [5, 5.41) is 0. The maximum absolute atomic E-state index is 10.9. The number of hydrogen-bond acceptors (Lipinski definition) is 3. The molecule has 0 aliphatic heterocycles. The van der Waals surface area contributed by atoms with Gasteiger partial charge in [-0.15, -0.1) is 0 Å². The van der Waals surface area contributed by atoms with Crippen molar-refractivity contribution in [2.45, 2.75) is 40.5 Å². The molecule has 2 unspecified atom stereocenters. The van der Waals surface area contributed by atoms with E-state index in [1.54, 1.807) is 0 Å². The Labute approximate surface area is 93.8 Å². The number of hydrogen-bond donors (Lipinski definition) is 0. The average Bonchev–Trinajstić information content (AvgIpc) is 2.00. The summed E-state index contributed by atoms with van der Waals surface area (Å²) < 4.78 is 15.8. The highest BCUT2D eigenvalue weighted by atomic mass is 31.2. The zero-order valence-corrected chi connectivity index (χ0v) is 11.4. The van der Waals surface area contributed by atoms with Crippen LogP contribution < -0.4 is 4.89 Å². The van der Waals surface area contributed by atoms with Crippen LogP contribution in [0, 0.1) is 17.8 Å². The molecule has 0 spiro atoms. The molecule has 0 fully saturated rings. The van der Waals surface area contributed by atoms with Crippen LogP contribution in [-0.4, -0.2) is 13.3 Å². The molecule has 0 N–H and O–H groups in total. The van der Waals surface area contributed by atoms with Gasteiger partial charge in [0.15, 0.2) is 0 Å². The van der Waals surface area contributed by atoms with Crippen molar-refractivity contribution >= 4 is 7.60 Å². The maximum atomic E-state index is 10.9. The molecule has 0 rings (SSSR count). The van der Waals surface area contributed by atoms with E-state index in [0.29, 0.717) is 24.4 Å². The van der Waals surface area contributed by atoms with E-state index in [1.165, 1.54) is 0 Å². The molecule has 3 nitrogen and oxygen atoms in total. The van der Waals surface area contributed by atoms with Gasteiger partial charge in [-0.05, 0) is 24.2 Å². The molecule has 0 bridgehead atoms. The molecular formula is C11H24O3P-. The minimum Gasteiger partial charge on any atom is -0.779 e. The molecule has 15 heavy (non-hydrogen) atoms. The van der Waals surface area contributed by atoms with E-state index in [2.05, 4.69) is 27.7 Å². The van der Waals surface area contributed by atoms with E-state index in [-0.39, 0.29) is 0 Å². The lowest BCUT2D eigenvalue weighted by molar-refractivity contribution is -0.197. The molecule has 2 atom stereocenters. The van der Waals surface area contributed by atoms with E-state index >= 15 is 0 Å². The molecule has 0 saturated heterocycles. The summed E-state index contributed by atoms with van der Waals surface area (Å²) in [4.78, 5) is 10.9. The first kappa shape index (κ1) is 15.2. The minimum absolute atomic E-state index is 0.335. The summed E-state index contributed by atoms with van der Waals surface area (Å²) >= 11 is 0. The summed E-state index contributed by atoms with van der Waals surface area (Å²) in [7, 11) is -3.56. The van der Waals surface area contributed by atoms with Gasteiger partial charge in [0.05, 0.1) is 6.61 Å². The third-order valence-electron chi connectivity index (χ3n) is 2.58. The van der Waals surface area contributed by atoms with Gasteiger partial charge in [0.2, 0.25) is 0 Å². The zero-order valence-electron chi connectivity index (χ0n) is 10.5. The van der Waals surface area contributed by atoms with Crippen molar-refractivity contribution in [1.82, 2.24) is 0 Å². The molecule has 0 aromatic heterocycles. The van der Waals surface area contributed by atoms with Gasteiger partial charge >= 0.3 is 0 Å². The molecule has 0 aliphatic carbocycles. The molecule has 0 saturated carbocycles. The maximum Gasteiger partial charge on any atom is 0.131 e. The molecule has 0 aromatic rings. The SMILES string of the molecule is CC(C)CCC(COP(C)(=O)[O-])C(C)C. The number of rotatable bonds is 7.